The highest BCUT2D eigenvalue weighted by Crippen LogP contribution is 2.32. The normalized spacial score (nSPS) is 13.5. The van der Waals surface area contributed by atoms with Gasteiger partial charge in [-0.05, 0) is 62.4 Å². The molecular formula is C29H28F3N5O4S. The fraction of sp³-hybridized carbons (Fsp3) is 0.276. The molecule has 2 aromatic carbocycles. The van der Waals surface area contributed by atoms with Crippen LogP contribution in [-0.4, -0.2) is 28.3 Å². The van der Waals surface area contributed by atoms with Crippen molar-refractivity contribution in [1.29, 1.82) is 0 Å². The van der Waals surface area contributed by atoms with E-state index >= 15 is 0 Å². The van der Waals surface area contributed by atoms with E-state index in [0.717, 1.165) is 41.8 Å². The molecule has 0 bridgehead atoms. The van der Waals surface area contributed by atoms with Gasteiger partial charge < -0.3 is 9.88 Å². The van der Waals surface area contributed by atoms with Gasteiger partial charge in [-0.25, -0.2) is 17.8 Å². The Labute approximate surface area is 239 Å². The van der Waals surface area contributed by atoms with E-state index in [9.17, 15) is 31.2 Å². The lowest BCUT2D eigenvalue weighted by molar-refractivity contribution is -0.137. The molecule has 0 radical (unpaired) electrons. The van der Waals surface area contributed by atoms with Crippen molar-refractivity contribution in [3.63, 3.8) is 0 Å². The Balaban J connectivity index is 1.60. The molecule has 2 N–H and O–H groups in total. The summed E-state index contributed by atoms with van der Waals surface area (Å²) in [5, 5.41) is 3.41. The van der Waals surface area contributed by atoms with E-state index < -0.39 is 27.7 Å². The second-order valence-corrected chi connectivity index (χ2v) is 11.5. The molecule has 1 aliphatic carbocycles. The molecule has 1 aliphatic rings. The number of imidazole rings is 1. The molecule has 0 saturated carbocycles. The van der Waals surface area contributed by atoms with Crippen LogP contribution in [0, 0.1) is 0 Å². The van der Waals surface area contributed by atoms with Crippen LogP contribution in [-0.2, 0) is 46.8 Å². The van der Waals surface area contributed by atoms with Crippen molar-refractivity contribution in [2.24, 2.45) is 0 Å². The topological polar surface area (TPSA) is 115 Å². The highest BCUT2D eigenvalue weighted by atomic mass is 32.2. The molecule has 13 heteroatoms. The SMILES string of the molecule is C=CS(=O)(=O)Nc1ccccc1-c1c(CC)nc2n(CC(=O)Nc3ccc(C(F)(F)F)cc3)c3c(n2c1=O)CCCC3. The van der Waals surface area contributed by atoms with Gasteiger partial charge in [0.05, 0.1) is 22.5 Å². The van der Waals surface area contributed by atoms with Gasteiger partial charge in [-0.3, -0.25) is 14.3 Å². The van der Waals surface area contributed by atoms with Gasteiger partial charge in [0.1, 0.15) is 6.54 Å². The number of benzene rings is 2. The van der Waals surface area contributed by atoms with Crippen LogP contribution in [0.4, 0.5) is 24.5 Å². The second-order valence-electron chi connectivity index (χ2n) is 9.90. The third-order valence-electron chi connectivity index (χ3n) is 7.19. The summed E-state index contributed by atoms with van der Waals surface area (Å²) in [6.45, 7) is 4.95. The number of para-hydroxylation sites is 1. The molecule has 0 unspecified atom stereocenters. The van der Waals surface area contributed by atoms with Crippen LogP contribution in [0.2, 0.25) is 0 Å². The van der Waals surface area contributed by atoms with E-state index in [1.807, 2.05) is 6.92 Å². The number of halogens is 3. The lowest BCUT2D eigenvalue weighted by Gasteiger charge is -2.14. The number of amides is 1. The zero-order valence-electron chi connectivity index (χ0n) is 22.7. The maximum absolute atomic E-state index is 14.2. The number of carbonyl (C=O) groups is 1. The average Bonchev–Trinajstić information content (AvgIpc) is 3.26. The van der Waals surface area contributed by atoms with E-state index in [1.54, 1.807) is 28.8 Å². The van der Waals surface area contributed by atoms with Crippen LogP contribution < -0.4 is 15.6 Å². The number of nitrogens with one attached hydrogen (secondary N) is 2. The van der Waals surface area contributed by atoms with Crippen molar-refractivity contribution in [2.75, 3.05) is 10.0 Å². The van der Waals surface area contributed by atoms with Crippen molar-refractivity contribution >= 4 is 33.1 Å². The molecule has 4 aromatic rings. The van der Waals surface area contributed by atoms with Crippen molar-refractivity contribution in [3.05, 3.63) is 93.5 Å². The van der Waals surface area contributed by atoms with E-state index in [0.29, 0.717) is 30.5 Å². The van der Waals surface area contributed by atoms with Crippen LogP contribution in [0.25, 0.3) is 16.9 Å². The maximum Gasteiger partial charge on any atom is 0.416 e. The summed E-state index contributed by atoms with van der Waals surface area (Å²) < 4.78 is 68.9. The van der Waals surface area contributed by atoms with Gasteiger partial charge >= 0.3 is 6.18 Å². The molecule has 0 saturated heterocycles. The number of hydrogen-bond acceptors (Lipinski definition) is 5. The van der Waals surface area contributed by atoms with Crippen molar-refractivity contribution < 1.29 is 26.4 Å². The predicted molar refractivity (Wildman–Crippen MR) is 154 cm³/mol. The lowest BCUT2D eigenvalue weighted by Crippen LogP contribution is -2.24. The summed E-state index contributed by atoms with van der Waals surface area (Å²) in [6.07, 6.45) is -1.28. The third kappa shape index (κ3) is 5.56. The molecule has 42 heavy (non-hydrogen) atoms. The van der Waals surface area contributed by atoms with Crippen LogP contribution in [0.15, 0.2) is 65.3 Å². The third-order valence-corrected chi connectivity index (χ3v) is 8.13. The average molecular weight is 600 g/mol. The molecule has 1 amide bonds. The fourth-order valence-corrected chi connectivity index (χ4v) is 5.84. The molecular weight excluding hydrogens is 571 g/mol. The standard InChI is InChI=1S/C29H28F3N5O4S/c1-3-21-26(20-9-5-6-10-22(20)35-42(40,41)4-2)27(39)37-24-12-8-7-11-23(24)36(28(37)34-21)17-25(38)33-19-15-13-18(14-16-19)29(30,31)32/h4-6,9-10,13-16,35H,2-3,7-8,11-12,17H2,1H3,(H,33,38). The van der Waals surface area contributed by atoms with Gasteiger partial charge in [0.15, 0.2) is 0 Å². The van der Waals surface area contributed by atoms with Gasteiger partial charge in [0.25, 0.3) is 15.6 Å². The molecule has 0 atom stereocenters. The summed E-state index contributed by atoms with van der Waals surface area (Å²) in [4.78, 5) is 32.1. The Hall–Kier alpha value is -4.39. The van der Waals surface area contributed by atoms with Gasteiger partial charge in [-0.15, -0.1) is 0 Å². The molecule has 9 nitrogen and oxygen atoms in total. The lowest BCUT2D eigenvalue weighted by atomic mass is 10.00. The second kappa shape index (κ2) is 11.1. The van der Waals surface area contributed by atoms with Crippen molar-refractivity contribution in [2.45, 2.75) is 51.7 Å². The van der Waals surface area contributed by atoms with Crippen LogP contribution >= 0.6 is 0 Å². The number of rotatable bonds is 8. The minimum Gasteiger partial charge on any atom is -0.325 e. The molecule has 0 aliphatic heterocycles. The number of nitrogens with zero attached hydrogens (tertiary/aromatic N) is 3. The fourth-order valence-electron chi connectivity index (χ4n) is 5.27. The molecule has 0 fully saturated rings. The summed E-state index contributed by atoms with van der Waals surface area (Å²) in [5.41, 5.74) is 1.75. The number of aryl methyl sites for hydroxylation is 2. The quantitative estimate of drug-likeness (QED) is 0.291. The Morgan fingerprint density at radius 2 is 1.74 bits per heavy atom. The number of carbonyl (C=O) groups excluding carboxylic acids is 1. The number of hydrogen-bond donors (Lipinski definition) is 2. The predicted octanol–water partition coefficient (Wildman–Crippen LogP) is 5.15. The zero-order chi connectivity index (χ0) is 30.2. The molecule has 0 spiro atoms. The number of sulfonamides is 1. The van der Waals surface area contributed by atoms with Gasteiger partial charge in [-0.1, -0.05) is 31.7 Å². The minimum atomic E-state index is -4.49. The van der Waals surface area contributed by atoms with E-state index in [4.69, 9.17) is 4.98 Å². The number of anilines is 2. The van der Waals surface area contributed by atoms with Gasteiger partial charge in [-0.2, -0.15) is 13.2 Å². The first-order valence-electron chi connectivity index (χ1n) is 13.3. The van der Waals surface area contributed by atoms with Gasteiger partial charge in [0, 0.05) is 28.0 Å². The first-order valence-corrected chi connectivity index (χ1v) is 14.9. The van der Waals surface area contributed by atoms with Crippen LogP contribution in [0.1, 0.15) is 42.4 Å². The monoisotopic (exact) mass is 599 g/mol. The highest BCUT2D eigenvalue weighted by molar-refractivity contribution is 7.95. The molecule has 220 valence electrons. The van der Waals surface area contributed by atoms with Crippen molar-refractivity contribution in [3.8, 4) is 11.1 Å². The Kier molecular flexibility index (Phi) is 7.71. The van der Waals surface area contributed by atoms with Gasteiger partial charge in [0.2, 0.25) is 11.7 Å². The Morgan fingerprint density at radius 1 is 1.07 bits per heavy atom. The van der Waals surface area contributed by atoms with E-state index in [-0.39, 0.29) is 34.8 Å². The number of aromatic nitrogens is 3. The summed E-state index contributed by atoms with van der Waals surface area (Å²) >= 11 is 0. The first kappa shape index (κ1) is 29.1. The molecule has 5 rings (SSSR count). The van der Waals surface area contributed by atoms with Crippen LogP contribution in [0.3, 0.4) is 0 Å². The molecule has 2 heterocycles. The molecule has 2 aromatic heterocycles. The van der Waals surface area contributed by atoms with E-state index in [1.165, 1.54) is 16.5 Å². The number of alkyl halides is 3. The van der Waals surface area contributed by atoms with Crippen LogP contribution in [0.5, 0.6) is 0 Å². The highest BCUT2D eigenvalue weighted by Gasteiger charge is 2.30. The zero-order valence-corrected chi connectivity index (χ0v) is 23.5. The number of fused-ring (bicyclic) bond motifs is 3. The maximum atomic E-state index is 14.2. The largest absolute Gasteiger partial charge is 0.416 e. The smallest absolute Gasteiger partial charge is 0.325 e. The Bertz CT molecular complexity index is 1860. The van der Waals surface area contributed by atoms with E-state index in [2.05, 4.69) is 16.6 Å². The Morgan fingerprint density at radius 3 is 2.38 bits per heavy atom. The first-order chi connectivity index (χ1) is 19.9. The summed E-state index contributed by atoms with van der Waals surface area (Å²) in [6, 6.07) is 10.7. The summed E-state index contributed by atoms with van der Waals surface area (Å²) in [5.74, 6) is -0.208. The minimum absolute atomic E-state index is 0.204. The van der Waals surface area contributed by atoms with Crippen molar-refractivity contribution in [1.82, 2.24) is 14.0 Å². The summed E-state index contributed by atoms with van der Waals surface area (Å²) in [7, 11) is -3.86.